The zero-order chi connectivity index (χ0) is 19.6. The molecule has 0 aliphatic heterocycles. The first-order valence-electron chi connectivity index (χ1n) is 8.25. The standard InChI is InChI=1S/C19H20N4O3S/c1-13-18(14(2)23(21-13)17-10-5-4-6-11-17)20-19(24)15-8-7-9-16(12-15)22-27(3,25)26/h4-12,22H,1-3H3,(H,20,24). The van der Waals surface area contributed by atoms with Crippen molar-refractivity contribution in [2.75, 3.05) is 16.3 Å². The van der Waals surface area contributed by atoms with E-state index in [4.69, 9.17) is 0 Å². The number of carbonyl (C=O) groups is 1. The molecule has 7 nitrogen and oxygen atoms in total. The summed E-state index contributed by atoms with van der Waals surface area (Å²) in [5.41, 5.74) is 3.70. The minimum Gasteiger partial charge on any atom is -0.319 e. The number of hydrogen-bond donors (Lipinski definition) is 2. The van der Waals surface area contributed by atoms with Crippen molar-refractivity contribution in [1.29, 1.82) is 0 Å². The molecule has 8 heteroatoms. The predicted octanol–water partition coefficient (Wildman–Crippen LogP) is 3.11. The molecule has 0 aliphatic carbocycles. The van der Waals surface area contributed by atoms with Gasteiger partial charge in [0.1, 0.15) is 0 Å². The van der Waals surface area contributed by atoms with Crippen molar-refractivity contribution in [3.8, 4) is 5.69 Å². The Kier molecular flexibility index (Phi) is 5.00. The maximum Gasteiger partial charge on any atom is 0.255 e. The van der Waals surface area contributed by atoms with Gasteiger partial charge in [-0.25, -0.2) is 13.1 Å². The number of nitrogens with zero attached hydrogens (tertiary/aromatic N) is 2. The number of amides is 1. The van der Waals surface area contributed by atoms with Crippen molar-refractivity contribution in [2.24, 2.45) is 0 Å². The summed E-state index contributed by atoms with van der Waals surface area (Å²) < 4.78 is 26.9. The van der Waals surface area contributed by atoms with Crippen LogP contribution in [0.1, 0.15) is 21.7 Å². The van der Waals surface area contributed by atoms with Gasteiger partial charge in [0.15, 0.2) is 0 Å². The van der Waals surface area contributed by atoms with E-state index in [1.54, 1.807) is 22.9 Å². The predicted molar refractivity (Wildman–Crippen MR) is 106 cm³/mol. The summed E-state index contributed by atoms with van der Waals surface area (Å²) >= 11 is 0. The number of sulfonamides is 1. The number of benzene rings is 2. The van der Waals surface area contributed by atoms with E-state index in [9.17, 15) is 13.2 Å². The van der Waals surface area contributed by atoms with Crippen molar-refractivity contribution >= 4 is 27.3 Å². The molecule has 2 N–H and O–H groups in total. The fourth-order valence-corrected chi connectivity index (χ4v) is 3.32. The average molecular weight is 384 g/mol. The quantitative estimate of drug-likeness (QED) is 0.707. The van der Waals surface area contributed by atoms with Gasteiger partial charge >= 0.3 is 0 Å². The Hall–Kier alpha value is -3.13. The van der Waals surface area contributed by atoms with Crippen LogP contribution in [0.3, 0.4) is 0 Å². The van der Waals surface area contributed by atoms with Crippen LogP contribution in [0.5, 0.6) is 0 Å². The summed E-state index contributed by atoms with van der Waals surface area (Å²) in [5.74, 6) is -0.342. The van der Waals surface area contributed by atoms with Crippen molar-refractivity contribution in [3.05, 3.63) is 71.5 Å². The number of rotatable bonds is 5. The number of aromatic nitrogens is 2. The molecule has 0 saturated carbocycles. The van der Waals surface area contributed by atoms with E-state index in [1.165, 1.54) is 6.07 Å². The van der Waals surface area contributed by atoms with Crippen molar-refractivity contribution < 1.29 is 13.2 Å². The normalized spacial score (nSPS) is 11.2. The van der Waals surface area contributed by atoms with Crippen molar-refractivity contribution in [1.82, 2.24) is 9.78 Å². The number of anilines is 2. The molecular weight excluding hydrogens is 364 g/mol. The number of nitrogens with one attached hydrogen (secondary N) is 2. The number of carbonyl (C=O) groups excluding carboxylic acids is 1. The largest absolute Gasteiger partial charge is 0.319 e. The Morgan fingerprint density at radius 1 is 1.04 bits per heavy atom. The molecule has 27 heavy (non-hydrogen) atoms. The van der Waals surface area contributed by atoms with Gasteiger partial charge in [0, 0.05) is 11.3 Å². The molecule has 1 amide bonds. The second kappa shape index (κ2) is 7.24. The van der Waals surface area contributed by atoms with Crippen LogP contribution in [0.15, 0.2) is 54.6 Å². The van der Waals surface area contributed by atoms with Crippen LogP contribution in [-0.2, 0) is 10.0 Å². The van der Waals surface area contributed by atoms with Crippen molar-refractivity contribution in [2.45, 2.75) is 13.8 Å². The lowest BCUT2D eigenvalue weighted by Crippen LogP contribution is -2.14. The van der Waals surface area contributed by atoms with Gasteiger partial charge in [-0.15, -0.1) is 0 Å². The molecule has 0 atom stereocenters. The smallest absolute Gasteiger partial charge is 0.255 e. The Morgan fingerprint density at radius 3 is 2.41 bits per heavy atom. The molecule has 0 radical (unpaired) electrons. The highest BCUT2D eigenvalue weighted by atomic mass is 32.2. The van der Waals surface area contributed by atoms with Crippen LogP contribution in [-0.4, -0.2) is 30.4 Å². The van der Waals surface area contributed by atoms with Crippen LogP contribution in [0.4, 0.5) is 11.4 Å². The van der Waals surface area contributed by atoms with Gasteiger partial charge in [-0.2, -0.15) is 5.10 Å². The Bertz CT molecular complexity index is 1090. The van der Waals surface area contributed by atoms with E-state index in [-0.39, 0.29) is 5.91 Å². The van der Waals surface area contributed by atoms with Gasteiger partial charge in [0.05, 0.1) is 29.0 Å². The van der Waals surface area contributed by atoms with Crippen LogP contribution < -0.4 is 10.0 Å². The Labute approximate surface area is 158 Å². The molecule has 0 fully saturated rings. The third kappa shape index (κ3) is 4.35. The highest BCUT2D eigenvalue weighted by molar-refractivity contribution is 7.92. The molecule has 1 heterocycles. The summed E-state index contributed by atoms with van der Waals surface area (Å²) in [7, 11) is -3.41. The molecule has 0 bridgehead atoms. The van der Waals surface area contributed by atoms with Gasteiger partial charge in [-0.05, 0) is 44.2 Å². The lowest BCUT2D eigenvalue weighted by Gasteiger charge is -2.09. The number of hydrogen-bond acceptors (Lipinski definition) is 4. The number of aryl methyl sites for hydroxylation is 1. The molecule has 2 aromatic carbocycles. The molecule has 0 saturated heterocycles. The van der Waals surface area contributed by atoms with E-state index in [1.807, 2.05) is 44.2 Å². The molecular formula is C19H20N4O3S. The third-order valence-corrected chi connectivity index (χ3v) is 4.57. The molecule has 3 rings (SSSR count). The van der Waals surface area contributed by atoms with Crippen LogP contribution >= 0.6 is 0 Å². The topological polar surface area (TPSA) is 93.1 Å². The van der Waals surface area contributed by atoms with Gasteiger partial charge < -0.3 is 5.32 Å². The third-order valence-electron chi connectivity index (χ3n) is 3.96. The lowest BCUT2D eigenvalue weighted by atomic mass is 10.2. The van der Waals surface area contributed by atoms with E-state index < -0.39 is 10.0 Å². The molecule has 1 aromatic heterocycles. The van der Waals surface area contributed by atoms with Gasteiger partial charge in [0.2, 0.25) is 10.0 Å². The van der Waals surface area contributed by atoms with Gasteiger partial charge in [-0.3, -0.25) is 9.52 Å². The van der Waals surface area contributed by atoms with E-state index in [0.29, 0.717) is 22.6 Å². The maximum absolute atomic E-state index is 12.7. The maximum atomic E-state index is 12.7. The molecule has 0 spiro atoms. The Balaban J connectivity index is 1.87. The van der Waals surface area contributed by atoms with Crippen molar-refractivity contribution in [3.63, 3.8) is 0 Å². The number of para-hydroxylation sites is 1. The molecule has 0 unspecified atom stereocenters. The lowest BCUT2D eigenvalue weighted by molar-refractivity contribution is 0.102. The second-order valence-corrected chi connectivity index (χ2v) is 7.95. The summed E-state index contributed by atoms with van der Waals surface area (Å²) in [6.07, 6.45) is 1.06. The van der Waals surface area contributed by atoms with Crippen LogP contribution in [0, 0.1) is 13.8 Å². The first-order valence-corrected chi connectivity index (χ1v) is 10.1. The van der Waals surface area contributed by atoms with Crippen LogP contribution in [0.25, 0.3) is 5.69 Å². The fourth-order valence-electron chi connectivity index (χ4n) is 2.77. The van der Waals surface area contributed by atoms with E-state index >= 15 is 0 Å². The minimum absolute atomic E-state index is 0.332. The van der Waals surface area contributed by atoms with Crippen LogP contribution in [0.2, 0.25) is 0 Å². The SMILES string of the molecule is Cc1nn(-c2ccccc2)c(C)c1NC(=O)c1cccc(NS(C)(=O)=O)c1. The fraction of sp³-hybridized carbons (Fsp3) is 0.158. The summed E-state index contributed by atoms with van der Waals surface area (Å²) in [6.45, 7) is 3.70. The molecule has 140 valence electrons. The highest BCUT2D eigenvalue weighted by Gasteiger charge is 2.16. The second-order valence-electron chi connectivity index (χ2n) is 6.20. The van der Waals surface area contributed by atoms with Gasteiger partial charge in [-0.1, -0.05) is 24.3 Å². The van der Waals surface area contributed by atoms with Gasteiger partial charge in [0.25, 0.3) is 5.91 Å². The first-order chi connectivity index (χ1) is 12.7. The zero-order valence-electron chi connectivity index (χ0n) is 15.2. The minimum atomic E-state index is -3.41. The first kappa shape index (κ1) is 18.7. The van der Waals surface area contributed by atoms with E-state index in [2.05, 4.69) is 15.1 Å². The molecule has 3 aromatic rings. The summed E-state index contributed by atoms with van der Waals surface area (Å²) in [6, 6.07) is 16.0. The molecule has 0 aliphatic rings. The summed E-state index contributed by atoms with van der Waals surface area (Å²) in [5, 5.41) is 7.38. The Morgan fingerprint density at radius 2 is 1.74 bits per heavy atom. The highest BCUT2D eigenvalue weighted by Crippen LogP contribution is 2.24. The average Bonchev–Trinajstić information content (AvgIpc) is 2.89. The summed E-state index contributed by atoms with van der Waals surface area (Å²) in [4.78, 5) is 12.7. The van der Waals surface area contributed by atoms with E-state index in [0.717, 1.165) is 17.6 Å². The monoisotopic (exact) mass is 384 g/mol. The zero-order valence-corrected chi connectivity index (χ0v) is 16.0.